The molecular weight excluding hydrogens is 380 g/mol. The molecule has 2 aromatic heterocycles. The third-order valence-electron chi connectivity index (χ3n) is 4.71. The normalized spacial score (nSPS) is 14.1. The van der Waals surface area contributed by atoms with Crippen molar-refractivity contribution in [2.75, 3.05) is 13.2 Å². The van der Waals surface area contributed by atoms with E-state index in [1.165, 1.54) is 11.3 Å². The van der Waals surface area contributed by atoms with Crippen molar-refractivity contribution in [3.8, 4) is 11.5 Å². The molecule has 28 heavy (non-hydrogen) atoms. The van der Waals surface area contributed by atoms with Gasteiger partial charge in [0.05, 0.1) is 11.8 Å². The number of nitrogens with zero attached hydrogens (tertiary/aromatic N) is 1. The van der Waals surface area contributed by atoms with Crippen LogP contribution in [0.4, 0.5) is 0 Å². The van der Waals surface area contributed by atoms with E-state index in [4.69, 9.17) is 14.2 Å². The third-order valence-corrected chi connectivity index (χ3v) is 5.81. The first-order valence-corrected chi connectivity index (χ1v) is 9.82. The Balaban J connectivity index is 1.49. The molecule has 1 aromatic carbocycles. The van der Waals surface area contributed by atoms with Gasteiger partial charge in [-0.2, -0.15) is 0 Å². The molecule has 3 heterocycles. The molecule has 1 N–H and O–H groups in total. The van der Waals surface area contributed by atoms with Gasteiger partial charge in [-0.15, -0.1) is 11.3 Å². The van der Waals surface area contributed by atoms with Gasteiger partial charge in [0.1, 0.15) is 18.0 Å². The zero-order chi connectivity index (χ0) is 19.8. The zero-order valence-corrected chi connectivity index (χ0v) is 16.6. The number of esters is 1. The second kappa shape index (κ2) is 7.27. The molecule has 0 amide bonds. The predicted molar refractivity (Wildman–Crippen MR) is 105 cm³/mol. The van der Waals surface area contributed by atoms with Crippen LogP contribution < -0.4 is 15.0 Å². The zero-order valence-electron chi connectivity index (χ0n) is 15.8. The van der Waals surface area contributed by atoms with Gasteiger partial charge >= 0.3 is 5.97 Å². The minimum absolute atomic E-state index is 0.0880. The van der Waals surface area contributed by atoms with E-state index in [0.29, 0.717) is 40.8 Å². The first-order valence-electron chi connectivity index (χ1n) is 9.00. The maximum Gasteiger partial charge on any atom is 0.310 e. The van der Waals surface area contributed by atoms with E-state index in [-0.39, 0.29) is 12.0 Å². The molecule has 0 saturated heterocycles. The van der Waals surface area contributed by atoms with Gasteiger partial charge in [-0.3, -0.25) is 9.59 Å². The van der Waals surface area contributed by atoms with Crippen LogP contribution in [0.1, 0.15) is 34.9 Å². The Bertz CT molecular complexity index is 1120. The number of benzene rings is 1. The molecular formula is C20H20N2O5S. The number of hydrogen-bond acceptors (Lipinski definition) is 7. The van der Waals surface area contributed by atoms with Gasteiger partial charge in [-0.25, -0.2) is 4.98 Å². The second-order valence-electron chi connectivity index (χ2n) is 6.70. The largest absolute Gasteiger partial charge is 0.486 e. The SMILES string of the molecule is Cc1sc2nc([C@H](C)OC(=O)Cc3ccc4c(c3)OCCO4)[nH]c(=O)c2c1C. The first-order chi connectivity index (χ1) is 13.4. The maximum atomic E-state index is 12.4. The molecule has 0 spiro atoms. The van der Waals surface area contributed by atoms with Crippen LogP contribution in [0.15, 0.2) is 23.0 Å². The lowest BCUT2D eigenvalue weighted by Gasteiger charge is -2.19. The molecule has 1 aliphatic rings. The Hall–Kier alpha value is -2.87. The van der Waals surface area contributed by atoms with Crippen molar-refractivity contribution in [3.05, 3.63) is 50.4 Å². The Labute approximate surface area is 165 Å². The van der Waals surface area contributed by atoms with Crippen LogP contribution in [0, 0.1) is 13.8 Å². The van der Waals surface area contributed by atoms with E-state index < -0.39 is 12.1 Å². The molecule has 1 atom stereocenters. The van der Waals surface area contributed by atoms with E-state index in [1.807, 2.05) is 19.9 Å². The highest BCUT2D eigenvalue weighted by atomic mass is 32.1. The van der Waals surface area contributed by atoms with Crippen LogP contribution in [0.2, 0.25) is 0 Å². The summed E-state index contributed by atoms with van der Waals surface area (Å²) in [5, 5.41) is 0.598. The topological polar surface area (TPSA) is 90.5 Å². The summed E-state index contributed by atoms with van der Waals surface area (Å²) >= 11 is 1.46. The monoisotopic (exact) mass is 400 g/mol. The fourth-order valence-electron chi connectivity index (χ4n) is 3.12. The van der Waals surface area contributed by atoms with Gasteiger partial charge in [0, 0.05) is 4.88 Å². The number of thiophene rings is 1. The van der Waals surface area contributed by atoms with Crippen LogP contribution in [-0.4, -0.2) is 29.2 Å². The lowest BCUT2D eigenvalue weighted by Crippen LogP contribution is -2.18. The molecule has 8 heteroatoms. The average molecular weight is 400 g/mol. The number of carbonyl (C=O) groups is 1. The van der Waals surface area contributed by atoms with Crippen molar-refractivity contribution < 1.29 is 19.0 Å². The Morgan fingerprint density at radius 3 is 2.82 bits per heavy atom. The summed E-state index contributed by atoms with van der Waals surface area (Å²) in [7, 11) is 0. The molecule has 7 nitrogen and oxygen atoms in total. The van der Waals surface area contributed by atoms with Gasteiger partial charge in [0.2, 0.25) is 0 Å². The van der Waals surface area contributed by atoms with E-state index >= 15 is 0 Å². The number of aryl methyl sites for hydroxylation is 2. The van der Waals surface area contributed by atoms with Crippen molar-refractivity contribution in [2.24, 2.45) is 0 Å². The Morgan fingerprint density at radius 1 is 1.29 bits per heavy atom. The average Bonchev–Trinajstić information content (AvgIpc) is 2.95. The molecule has 0 radical (unpaired) electrons. The first kappa shape index (κ1) is 18.5. The highest BCUT2D eigenvalue weighted by molar-refractivity contribution is 7.18. The molecule has 0 aliphatic carbocycles. The number of aromatic nitrogens is 2. The summed E-state index contributed by atoms with van der Waals surface area (Å²) in [4.78, 5) is 33.7. The highest BCUT2D eigenvalue weighted by Crippen LogP contribution is 2.31. The van der Waals surface area contributed by atoms with Crippen LogP contribution in [-0.2, 0) is 16.0 Å². The number of nitrogens with one attached hydrogen (secondary N) is 1. The van der Waals surface area contributed by atoms with Gasteiger partial charge in [0.25, 0.3) is 5.56 Å². The standard InChI is InChI=1S/C20H20N2O5S/c1-10-12(3)28-20-17(10)19(24)21-18(22-20)11(2)27-16(23)9-13-4-5-14-15(8-13)26-7-6-25-14/h4-5,8,11H,6-7,9H2,1-3H3,(H,21,22,24)/t11-/m0/s1. The van der Waals surface area contributed by atoms with Crippen LogP contribution >= 0.6 is 11.3 Å². The Kier molecular flexibility index (Phi) is 4.80. The second-order valence-corrected chi connectivity index (χ2v) is 7.90. The van der Waals surface area contributed by atoms with Crippen molar-refractivity contribution in [3.63, 3.8) is 0 Å². The summed E-state index contributed by atoms with van der Waals surface area (Å²) < 4.78 is 16.5. The summed E-state index contributed by atoms with van der Waals surface area (Å²) in [5.41, 5.74) is 1.49. The van der Waals surface area contributed by atoms with Crippen LogP contribution in [0.3, 0.4) is 0 Å². The van der Waals surface area contributed by atoms with Crippen LogP contribution in [0.25, 0.3) is 10.2 Å². The quantitative estimate of drug-likeness (QED) is 0.676. The number of fused-ring (bicyclic) bond motifs is 2. The molecule has 0 saturated carbocycles. The van der Waals surface area contributed by atoms with E-state index in [9.17, 15) is 9.59 Å². The lowest BCUT2D eigenvalue weighted by atomic mass is 10.1. The molecule has 0 unspecified atom stereocenters. The number of carbonyl (C=O) groups excluding carboxylic acids is 1. The number of aromatic amines is 1. The highest BCUT2D eigenvalue weighted by Gasteiger charge is 2.19. The van der Waals surface area contributed by atoms with Crippen molar-refractivity contribution in [1.29, 1.82) is 0 Å². The Morgan fingerprint density at radius 2 is 2.04 bits per heavy atom. The maximum absolute atomic E-state index is 12.4. The van der Waals surface area contributed by atoms with Gasteiger partial charge in [0.15, 0.2) is 23.4 Å². The van der Waals surface area contributed by atoms with Crippen molar-refractivity contribution >= 4 is 27.5 Å². The summed E-state index contributed by atoms with van der Waals surface area (Å²) in [6, 6.07) is 5.38. The van der Waals surface area contributed by atoms with E-state index in [0.717, 1.165) is 16.0 Å². The predicted octanol–water partition coefficient (Wildman–Crippen LogP) is 3.22. The number of rotatable bonds is 4. The van der Waals surface area contributed by atoms with E-state index in [1.54, 1.807) is 19.1 Å². The summed E-state index contributed by atoms with van der Waals surface area (Å²) in [6.45, 7) is 6.56. The minimum atomic E-state index is -0.662. The number of ether oxygens (including phenoxy) is 3. The molecule has 3 aromatic rings. The van der Waals surface area contributed by atoms with Gasteiger partial charge in [-0.1, -0.05) is 6.07 Å². The smallest absolute Gasteiger partial charge is 0.310 e. The van der Waals surface area contributed by atoms with Gasteiger partial charge < -0.3 is 19.2 Å². The summed E-state index contributed by atoms with van der Waals surface area (Å²) in [6.07, 6.45) is -0.575. The van der Waals surface area contributed by atoms with Crippen LogP contribution in [0.5, 0.6) is 11.5 Å². The fraction of sp³-hybridized carbons (Fsp3) is 0.350. The molecule has 146 valence electrons. The van der Waals surface area contributed by atoms with Crippen molar-refractivity contribution in [1.82, 2.24) is 9.97 Å². The minimum Gasteiger partial charge on any atom is -0.486 e. The van der Waals surface area contributed by atoms with E-state index in [2.05, 4.69) is 9.97 Å². The molecule has 1 aliphatic heterocycles. The fourth-order valence-corrected chi connectivity index (χ4v) is 4.16. The molecule has 0 fully saturated rings. The number of hydrogen-bond donors (Lipinski definition) is 1. The number of H-pyrrole nitrogens is 1. The van der Waals surface area contributed by atoms with Gasteiger partial charge in [-0.05, 0) is 44.0 Å². The lowest BCUT2D eigenvalue weighted by molar-refractivity contribution is -0.148. The summed E-state index contributed by atoms with van der Waals surface area (Å²) in [5.74, 6) is 1.23. The molecule has 0 bridgehead atoms. The molecule has 4 rings (SSSR count). The van der Waals surface area contributed by atoms with Crippen molar-refractivity contribution in [2.45, 2.75) is 33.3 Å². The third kappa shape index (κ3) is 3.47.